The van der Waals surface area contributed by atoms with Gasteiger partial charge >= 0.3 is 5.97 Å². The minimum absolute atomic E-state index is 0.140. The van der Waals surface area contributed by atoms with E-state index in [0.717, 1.165) is 5.56 Å². The molecule has 40 heavy (non-hydrogen) atoms. The van der Waals surface area contributed by atoms with Crippen molar-refractivity contribution in [2.24, 2.45) is 0 Å². The number of nitrogens with zero attached hydrogens (tertiary/aromatic N) is 1. The van der Waals surface area contributed by atoms with E-state index < -0.39 is 16.0 Å². The SMILES string of the molecule is CCOC(=O)c1c(-c2ccc(OC)c(OC)c2)csc1NC(=O)CCc1ccc(S(=O)(=O)N2CCOCC2)cc1. The van der Waals surface area contributed by atoms with Gasteiger partial charge in [-0.15, -0.1) is 11.3 Å². The molecule has 4 rings (SSSR count). The summed E-state index contributed by atoms with van der Waals surface area (Å²) >= 11 is 1.23. The Morgan fingerprint density at radius 2 is 1.73 bits per heavy atom. The molecule has 2 heterocycles. The van der Waals surface area contributed by atoms with Gasteiger partial charge in [0.1, 0.15) is 10.6 Å². The van der Waals surface area contributed by atoms with Crippen LogP contribution in [0.15, 0.2) is 52.7 Å². The van der Waals surface area contributed by atoms with Crippen molar-refractivity contribution >= 4 is 38.2 Å². The van der Waals surface area contributed by atoms with Crippen LogP contribution in [-0.2, 0) is 30.7 Å². The fourth-order valence-electron chi connectivity index (χ4n) is 4.28. The molecule has 0 radical (unpaired) electrons. The van der Waals surface area contributed by atoms with Gasteiger partial charge in [0.2, 0.25) is 15.9 Å². The van der Waals surface area contributed by atoms with Crippen molar-refractivity contribution in [2.75, 3.05) is 52.4 Å². The molecule has 2 aromatic carbocycles. The number of esters is 1. The van der Waals surface area contributed by atoms with Gasteiger partial charge < -0.3 is 24.3 Å². The average Bonchev–Trinajstić information content (AvgIpc) is 3.40. The molecule has 3 aromatic rings. The number of benzene rings is 2. The van der Waals surface area contributed by atoms with Crippen molar-refractivity contribution in [2.45, 2.75) is 24.7 Å². The highest BCUT2D eigenvalue weighted by atomic mass is 32.2. The first kappa shape index (κ1) is 29.5. The zero-order chi connectivity index (χ0) is 28.7. The van der Waals surface area contributed by atoms with Crippen molar-refractivity contribution in [1.29, 1.82) is 0 Å². The number of ether oxygens (including phenoxy) is 4. The predicted octanol–water partition coefficient (Wildman–Crippen LogP) is 4.20. The van der Waals surface area contributed by atoms with Crippen LogP contribution in [0.1, 0.15) is 29.3 Å². The van der Waals surface area contributed by atoms with Crippen molar-refractivity contribution < 1.29 is 37.0 Å². The van der Waals surface area contributed by atoms with Crippen LogP contribution in [0.25, 0.3) is 11.1 Å². The first-order chi connectivity index (χ1) is 19.3. The molecule has 0 bridgehead atoms. The molecular weight excluding hydrogens is 556 g/mol. The molecule has 0 unspecified atom stereocenters. The summed E-state index contributed by atoms with van der Waals surface area (Å²) in [7, 11) is -0.506. The first-order valence-electron chi connectivity index (χ1n) is 12.8. The van der Waals surface area contributed by atoms with Crippen LogP contribution in [0.2, 0.25) is 0 Å². The number of methoxy groups -OCH3 is 2. The lowest BCUT2D eigenvalue weighted by Gasteiger charge is -2.26. The van der Waals surface area contributed by atoms with Crippen LogP contribution >= 0.6 is 11.3 Å². The molecule has 10 nitrogen and oxygen atoms in total. The topological polar surface area (TPSA) is 120 Å². The largest absolute Gasteiger partial charge is 0.493 e. The number of aryl methyl sites for hydroxylation is 1. The Bertz CT molecular complexity index is 1450. The second kappa shape index (κ2) is 13.3. The maximum absolute atomic E-state index is 12.9. The lowest BCUT2D eigenvalue weighted by Crippen LogP contribution is -2.40. The molecule has 12 heteroatoms. The lowest BCUT2D eigenvalue weighted by molar-refractivity contribution is -0.116. The second-order valence-corrected chi connectivity index (χ2v) is 11.7. The number of hydrogen-bond acceptors (Lipinski definition) is 9. The zero-order valence-electron chi connectivity index (χ0n) is 22.6. The van der Waals surface area contributed by atoms with E-state index in [1.165, 1.54) is 22.8 Å². The summed E-state index contributed by atoms with van der Waals surface area (Å²) in [4.78, 5) is 26.0. The summed E-state index contributed by atoms with van der Waals surface area (Å²) in [5.74, 6) is 0.243. The maximum Gasteiger partial charge on any atom is 0.341 e. The van der Waals surface area contributed by atoms with E-state index in [9.17, 15) is 18.0 Å². The van der Waals surface area contributed by atoms with Crippen molar-refractivity contribution in [3.63, 3.8) is 0 Å². The summed E-state index contributed by atoms with van der Waals surface area (Å²) in [6, 6.07) is 11.9. The van der Waals surface area contributed by atoms with Crippen molar-refractivity contribution in [3.05, 3.63) is 59.0 Å². The fraction of sp³-hybridized carbons (Fsp3) is 0.357. The van der Waals surface area contributed by atoms with Crippen LogP contribution in [-0.4, -0.2) is 71.7 Å². The molecule has 0 saturated carbocycles. The third-order valence-corrected chi connectivity index (χ3v) is 9.20. The molecule has 1 aromatic heterocycles. The van der Waals surface area contributed by atoms with Gasteiger partial charge in [-0.3, -0.25) is 4.79 Å². The average molecular weight is 589 g/mol. The van der Waals surface area contributed by atoms with Gasteiger partial charge in [0, 0.05) is 30.5 Å². The smallest absolute Gasteiger partial charge is 0.341 e. The molecule has 0 atom stereocenters. The number of anilines is 1. The predicted molar refractivity (Wildman–Crippen MR) is 152 cm³/mol. The molecule has 214 valence electrons. The lowest BCUT2D eigenvalue weighted by atomic mass is 10.0. The van der Waals surface area contributed by atoms with Gasteiger partial charge in [0.05, 0.1) is 38.9 Å². The number of hydrogen-bond donors (Lipinski definition) is 1. The quantitative estimate of drug-likeness (QED) is 0.331. The van der Waals surface area contributed by atoms with Gasteiger partial charge in [-0.2, -0.15) is 4.31 Å². The van der Waals surface area contributed by atoms with Gasteiger partial charge in [-0.1, -0.05) is 18.2 Å². The van der Waals surface area contributed by atoms with Crippen LogP contribution < -0.4 is 14.8 Å². The molecule has 1 aliphatic rings. The Balaban J connectivity index is 1.46. The standard InChI is InChI=1S/C28H32N2O8S2/c1-4-38-28(32)26-22(20-8-11-23(35-2)24(17-20)36-3)18-39-27(26)29-25(31)12-7-19-5-9-21(10-6-19)40(33,34)30-13-15-37-16-14-30/h5-6,8-11,17-18H,4,7,12-16H2,1-3H3,(H,29,31). The minimum atomic E-state index is -3.58. The van der Waals surface area contributed by atoms with Gasteiger partial charge in [-0.25, -0.2) is 13.2 Å². The van der Waals surface area contributed by atoms with E-state index >= 15 is 0 Å². The van der Waals surface area contributed by atoms with E-state index in [-0.39, 0.29) is 29.4 Å². The summed E-state index contributed by atoms with van der Waals surface area (Å²) in [5.41, 5.74) is 2.41. The Morgan fingerprint density at radius 1 is 1.02 bits per heavy atom. The number of nitrogens with one attached hydrogen (secondary N) is 1. The Hall–Kier alpha value is -3.45. The molecular formula is C28H32N2O8S2. The second-order valence-electron chi connectivity index (χ2n) is 8.85. The van der Waals surface area contributed by atoms with Crippen molar-refractivity contribution in [3.8, 4) is 22.6 Å². The first-order valence-corrected chi connectivity index (χ1v) is 15.1. The van der Waals surface area contributed by atoms with Gasteiger partial charge in [0.15, 0.2) is 11.5 Å². The van der Waals surface area contributed by atoms with E-state index in [1.807, 2.05) is 0 Å². The Kier molecular flexibility index (Phi) is 9.80. The number of rotatable bonds is 11. The molecule has 0 spiro atoms. The monoisotopic (exact) mass is 588 g/mol. The van der Waals surface area contributed by atoms with E-state index in [0.29, 0.717) is 60.4 Å². The van der Waals surface area contributed by atoms with E-state index in [2.05, 4.69) is 5.32 Å². The van der Waals surface area contributed by atoms with E-state index in [4.69, 9.17) is 18.9 Å². The number of carbonyl (C=O) groups is 2. The molecule has 1 aliphatic heterocycles. The summed E-state index contributed by atoms with van der Waals surface area (Å²) in [5, 5.41) is 5.03. The third-order valence-electron chi connectivity index (χ3n) is 6.39. The normalized spacial score (nSPS) is 14.0. The van der Waals surface area contributed by atoms with Crippen LogP contribution in [0.4, 0.5) is 5.00 Å². The number of amides is 1. The number of sulfonamides is 1. The highest BCUT2D eigenvalue weighted by Gasteiger charge is 2.26. The summed E-state index contributed by atoms with van der Waals surface area (Å²) < 4.78 is 48.3. The van der Waals surface area contributed by atoms with Crippen LogP contribution in [0.3, 0.4) is 0 Å². The number of morpholine rings is 1. The van der Waals surface area contributed by atoms with Crippen LogP contribution in [0.5, 0.6) is 11.5 Å². The van der Waals surface area contributed by atoms with Gasteiger partial charge in [0.25, 0.3) is 0 Å². The molecule has 1 fully saturated rings. The number of thiophene rings is 1. The Morgan fingerprint density at radius 3 is 2.38 bits per heavy atom. The summed E-state index contributed by atoms with van der Waals surface area (Å²) in [6.07, 6.45) is 0.536. The van der Waals surface area contributed by atoms with Crippen molar-refractivity contribution in [1.82, 2.24) is 4.31 Å². The zero-order valence-corrected chi connectivity index (χ0v) is 24.2. The van der Waals surface area contributed by atoms with Gasteiger partial charge in [-0.05, 0) is 48.7 Å². The summed E-state index contributed by atoms with van der Waals surface area (Å²) in [6.45, 7) is 3.32. The molecule has 1 N–H and O–H groups in total. The highest BCUT2D eigenvalue weighted by Crippen LogP contribution is 2.39. The third kappa shape index (κ3) is 6.64. The minimum Gasteiger partial charge on any atom is -0.493 e. The molecule has 0 aliphatic carbocycles. The fourth-order valence-corrected chi connectivity index (χ4v) is 6.66. The van der Waals surface area contributed by atoms with E-state index in [1.54, 1.807) is 61.9 Å². The molecule has 1 amide bonds. The molecule has 1 saturated heterocycles. The number of carbonyl (C=O) groups excluding carboxylic acids is 2. The van der Waals surface area contributed by atoms with Crippen LogP contribution in [0, 0.1) is 0 Å². The highest BCUT2D eigenvalue weighted by molar-refractivity contribution is 7.89. The maximum atomic E-state index is 12.9. The Labute approximate surface area is 237 Å².